The van der Waals surface area contributed by atoms with Crippen LogP contribution in [0.15, 0.2) is 42.7 Å². The van der Waals surface area contributed by atoms with E-state index in [2.05, 4.69) is 40.5 Å². The Labute approximate surface area is 114 Å². The van der Waals surface area contributed by atoms with Crippen LogP contribution in [0.1, 0.15) is 24.0 Å². The lowest BCUT2D eigenvalue weighted by Gasteiger charge is -2.05. The van der Waals surface area contributed by atoms with Crippen molar-refractivity contribution in [1.29, 1.82) is 0 Å². The van der Waals surface area contributed by atoms with Crippen molar-refractivity contribution in [2.24, 2.45) is 0 Å². The first-order chi connectivity index (χ1) is 9.33. The Balaban J connectivity index is 1.58. The molecule has 1 fully saturated rings. The molecule has 0 radical (unpaired) electrons. The molecule has 0 unspecified atom stereocenters. The summed E-state index contributed by atoms with van der Waals surface area (Å²) in [6, 6.07) is 11.2. The maximum absolute atomic E-state index is 5.17. The van der Waals surface area contributed by atoms with Gasteiger partial charge in [-0.15, -0.1) is 0 Å². The van der Waals surface area contributed by atoms with E-state index in [-0.39, 0.29) is 0 Å². The monoisotopic (exact) mass is 256 g/mol. The third-order valence-electron chi connectivity index (χ3n) is 3.51. The molecule has 3 heteroatoms. The third-order valence-corrected chi connectivity index (χ3v) is 3.51. The number of hydrogen-bond acceptors (Lipinski definition) is 2. The van der Waals surface area contributed by atoms with Crippen molar-refractivity contribution >= 4 is 0 Å². The minimum Gasteiger partial charge on any atom is -0.497 e. The van der Waals surface area contributed by atoms with Gasteiger partial charge in [-0.2, -0.15) is 0 Å². The zero-order valence-electron chi connectivity index (χ0n) is 11.3. The fourth-order valence-corrected chi connectivity index (χ4v) is 2.18. The largest absolute Gasteiger partial charge is 0.497 e. The number of benzene rings is 1. The normalized spacial score (nSPS) is 14.6. The van der Waals surface area contributed by atoms with Gasteiger partial charge >= 0.3 is 0 Å². The van der Waals surface area contributed by atoms with E-state index in [1.807, 2.05) is 12.1 Å². The standard InChI is InChI=1S/C16H20N2O/c1-19-16-6-2-13(3-7-16)11-18-9-8-14(12-18)10-17-15-4-5-15/h2-3,6-9,12,15,17H,4-5,10-11H2,1H3. The van der Waals surface area contributed by atoms with Gasteiger partial charge in [-0.1, -0.05) is 12.1 Å². The minimum absolute atomic E-state index is 0.768. The number of hydrogen-bond donors (Lipinski definition) is 1. The molecule has 0 aliphatic heterocycles. The lowest BCUT2D eigenvalue weighted by Crippen LogP contribution is -2.14. The number of nitrogens with zero attached hydrogens (tertiary/aromatic N) is 1. The molecule has 1 N–H and O–H groups in total. The van der Waals surface area contributed by atoms with E-state index in [4.69, 9.17) is 4.74 Å². The Morgan fingerprint density at radius 3 is 2.63 bits per heavy atom. The molecular weight excluding hydrogens is 236 g/mol. The number of aromatic nitrogens is 1. The second kappa shape index (κ2) is 5.49. The number of methoxy groups -OCH3 is 1. The fraction of sp³-hybridized carbons (Fsp3) is 0.375. The molecule has 3 nitrogen and oxygen atoms in total. The molecular formula is C16H20N2O. The Bertz CT molecular complexity index is 526. The van der Waals surface area contributed by atoms with Crippen molar-refractivity contribution in [2.75, 3.05) is 7.11 Å². The van der Waals surface area contributed by atoms with E-state index >= 15 is 0 Å². The maximum Gasteiger partial charge on any atom is 0.118 e. The summed E-state index contributed by atoms with van der Waals surface area (Å²) in [5.74, 6) is 0.908. The highest BCUT2D eigenvalue weighted by atomic mass is 16.5. The molecule has 0 bridgehead atoms. The molecule has 0 saturated heterocycles. The van der Waals surface area contributed by atoms with E-state index in [0.717, 1.165) is 24.9 Å². The van der Waals surface area contributed by atoms with Gasteiger partial charge in [0.05, 0.1) is 7.11 Å². The number of nitrogens with one attached hydrogen (secondary N) is 1. The smallest absolute Gasteiger partial charge is 0.118 e. The predicted octanol–water partition coefficient (Wildman–Crippen LogP) is 2.80. The van der Waals surface area contributed by atoms with Gasteiger partial charge < -0.3 is 14.6 Å². The molecule has 1 heterocycles. The van der Waals surface area contributed by atoms with Crippen LogP contribution in [-0.4, -0.2) is 17.7 Å². The van der Waals surface area contributed by atoms with Crippen molar-refractivity contribution in [1.82, 2.24) is 9.88 Å². The minimum atomic E-state index is 0.768. The van der Waals surface area contributed by atoms with E-state index in [1.165, 1.54) is 24.0 Å². The first-order valence-electron chi connectivity index (χ1n) is 6.84. The molecule has 3 rings (SSSR count). The van der Waals surface area contributed by atoms with E-state index in [1.54, 1.807) is 7.11 Å². The van der Waals surface area contributed by atoms with Crippen LogP contribution >= 0.6 is 0 Å². The van der Waals surface area contributed by atoms with Gasteiger partial charge in [0.1, 0.15) is 5.75 Å². The van der Waals surface area contributed by atoms with Gasteiger partial charge in [0, 0.05) is 31.5 Å². The molecule has 0 atom stereocenters. The SMILES string of the molecule is COc1ccc(Cn2ccc(CNC3CC3)c2)cc1. The molecule has 2 aromatic rings. The van der Waals surface area contributed by atoms with Gasteiger partial charge in [0.2, 0.25) is 0 Å². The van der Waals surface area contributed by atoms with Crippen LogP contribution in [-0.2, 0) is 13.1 Å². The van der Waals surface area contributed by atoms with Crippen molar-refractivity contribution in [3.05, 3.63) is 53.9 Å². The van der Waals surface area contributed by atoms with Gasteiger partial charge in [-0.05, 0) is 42.2 Å². The average molecular weight is 256 g/mol. The lowest BCUT2D eigenvalue weighted by atomic mass is 10.2. The van der Waals surface area contributed by atoms with E-state index in [0.29, 0.717) is 0 Å². The van der Waals surface area contributed by atoms with Crippen LogP contribution in [0.4, 0.5) is 0 Å². The second-order valence-corrected chi connectivity index (χ2v) is 5.20. The third kappa shape index (κ3) is 3.38. The Morgan fingerprint density at radius 1 is 1.16 bits per heavy atom. The Morgan fingerprint density at radius 2 is 1.95 bits per heavy atom. The van der Waals surface area contributed by atoms with Crippen LogP contribution in [0.2, 0.25) is 0 Å². The van der Waals surface area contributed by atoms with Crippen molar-refractivity contribution in [3.63, 3.8) is 0 Å². The number of rotatable bonds is 6. The fourth-order valence-electron chi connectivity index (χ4n) is 2.18. The molecule has 19 heavy (non-hydrogen) atoms. The zero-order chi connectivity index (χ0) is 13.1. The van der Waals surface area contributed by atoms with Crippen molar-refractivity contribution < 1.29 is 4.74 Å². The van der Waals surface area contributed by atoms with Crippen LogP contribution < -0.4 is 10.1 Å². The molecule has 1 aliphatic rings. The highest BCUT2D eigenvalue weighted by Crippen LogP contribution is 2.19. The Kier molecular flexibility index (Phi) is 3.56. The summed E-state index contributed by atoms with van der Waals surface area (Å²) >= 11 is 0. The summed E-state index contributed by atoms with van der Waals surface area (Å²) < 4.78 is 7.40. The molecule has 0 spiro atoms. The van der Waals surface area contributed by atoms with Gasteiger partial charge in [-0.25, -0.2) is 0 Å². The molecule has 100 valence electrons. The summed E-state index contributed by atoms with van der Waals surface area (Å²) in [5, 5.41) is 3.54. The van der Waals surface area contributed by atoms with Crippen molar-refractivity contribution in [2.45, 2.75) is 32.0 Å². The summed E-state index contributed by atoms with van der Waals surface area (Å²) in [6.07, 6.45) is 7.05. The second-order valence-electron chi connectivity index (χ2n) is 5.20. The quantitative estimate of drug-likeness (QED) is 0.860. The predicted molar refractivity (Wildman–Crippen MR) is 76.4 cm³/mol. The summed E-state index contributed by atoms with van der Waals surface area (Å²) in [6.45, 7) is 1.90. The zero-order valence-corrected chi connectivity index (χ0v) is 11.3. The van der Waals surface area contributed by atoms with Gasteiger partial charge in [0.15, 0.2) is 0 Å². The molecule has 1 saturated carbocycles. The summed E-state index contributed by atoms with van der Waals surface area (Å²) in [4.78, 5) is 0. The molecule has 1 aromatic carbocycles. The van der Waals surface area contributed by atoms with Gasteiger partial charge in [-0.3, -0.25) is 0 Å². The van der Waals surface area contributed by atoms with Crippen LogP contribution in [0, 0.1) is 0 Å². The van der Waals surface area contributed by atoms with Crippen LogP contribution in [0.3, 0.4) is 0 Å². The summed E-state index contributed by atoms with van der Waals surface area (Å²) in [7, 11) is 1.69. The molecule has 0 amide bonds. The molecule has 1 aromatic heterocycles. The van der Waals surface area contributed by atoms with E-state index < -0.39 is 0 Å². The highest BCUT2D eigenvalue weighted by molar-refractivity contribution is 5.27. The van der Waals surface area contributed by atoms with Gasteiger partial charge in [0.25, 0.3) is 0 Å². The number of ether oxygens (including phenoxy) is 1. The maximum atomic E-state index is 5.17. The van der Waals surface area contributed by atoms with E-state index in [9.17, 15) is 0 Å². The first kappa shape index (κ1) is 12.3. The van der Waals surface area contributed by atoms with Crippen LogP contribution in [0.25, 0.3) is 0 Å². The van der Waals surface area contributed by atoms with Crippen LogP contribution in [0.5, 0.6) is 5.75 Å². The Hall–Kier alpha value is -1.74. The first-order valence-corrected chi connectivity index (χ1v) is 6.84. The van der Waals surface area contributed by atoms with Crippen molar-refractivity contribution in [3.8, 4) is 5.75 Å². The lowest BCUT2D eigenvalue weighted by molar-refractivity contribution is 0.414. The average Bonchev–Trinajstić information content (AvgIpc) is 3.17. The summed E-state index contributed by atoms with van der Waals surface area (Å²) in [5.41, 5.74) is 2.65. The topological polar surface area (TPSA) is 26.2 Å². The molecule has 1 aliphatic carbocycles. The highest BCUT2D eigenvalue weighted by Gasteiger charge is 2.19.